The van der Waals surface area contributed by atoms with Gasteiger partial charge in [-0.3, -0.25) is 14.2 Å². The van der Waals surface area contributed by atoms with Gasteiger partial charge in [0.1, 0.15) is 5.75 Å². The van der Waals surface area contributed by atoms with Crippen LogP contribution in [0, 0.1) is 0 Å². The number of aromatic nitrogens is 2. The van der Waals surface area contributed by atoms with Gasteiger partial charge in [-0.25, -0.2) is 4.98 Å². The molecule has 0 fully saturated rings. The van der Waals surface area contributed by atoms with Gasteiger partial charge in [0, 0.05) is 17.4 Å². The third-order valence-corrected chi connectivity index (χ3v) is 5.39. The van der Waals surface area contributed by atoms with E-state index in [2.05, 4.69) is 26.2 Å². The van der Waals surface area contributed by atoms with E-state index in [9.17, 15) is 9.59 Å². The second-order valence-corrected chi connectivity index (χ2v) is 8.05. The van der Waals surface area contributed by atoms with Crippen LogP contribution in [0.3, 0.4) is 0 Å². The molecule has 4 rings (SSSR count). The molecule has 0 unspecified atom stereocenters. The van der Waals surface area contributed by atoms with Crippen LogP contribution in [0.25, 0.3) is 10.9 Å². The minimum Gasteiger partial charge on any atom is -0.454 e. The van der Waals surface area contributed by atoms with Crippen molar-refractivity contribution in [1.29, 1.82) is 0 Å². The summed E-state index contributed by atoms with van der Waals surface area (Å²) < 4.78 is 8.09. The zero-order valence-corrected chi connectivity index (χ0v) is 18.6. The first kappa shape index (κ1) is 21.1. The molecule has 4 aromatic rings. The maximum atomic E-state index is 12.7. The molecule has 0 radical (unpaired) electrons. The molecule has 1 amide bonds. The average Bonchev–Trinajstić information content (AvgIpc) is 2.76. The van der Waals surface area contributed by atoms with E-state index >= 15 is 0 Å². The van der Waals surface area contributed by atoms with Gasteiger partial charge in [0.2, 0.25) is 5.91 Å². The van der Waals surface area contributed by atoms with E-state index in [1.54, 1.807) is 48.5 Å². The highest BCUT2D eigenvalue weighted by Crippen LogP contribution is 2.33. The predicted octanol–water partition coefficient (Wildman–Crippen LogP) is 5.63. The van der Waals surface area contributed by atoms with Gasteiger partial charge in [-0.05, 0) is 42.5 Å². The number of aryl methyl sites for hydroxylation is 1. The zero-order chi connectivity index (χ0) is 21.8. The predicted molar refractivity (Wildman–Crippen MR) is 125 cm³/mol. The fraction of sp³-hybridized carbons (Fsp3) is 0.0870. The van der Waals surface area contributed by atoms with Crippen molar-refractivity contribution < 1.29 is 9.53 Å². The van der Waals surface area contributed by atoms with Gasteiger partial charge in [0.05, 0.1) is 27.9 Å². The quantitative estimate of drug-likeness (QED) is 0.374. The van der Waals surface area contributed by atoms with Crippen molar-refractivity contribution in [3.8, 4) is 11.5 Å². The molecule has 3 aromatic carbocycles. The molecule has 0 saturated carbocycles. The normalized spacial score (nSPS) is 10.8. The van der Waals surface area contributed by atoms with Crippen molar-refractivity contribution in [2.45, 2.75) is 13.0 Å². The third kappa shape index (κ3) is 4.95. The number of para-hydroxylation sites is 3. The Labute approximate surface area is 191 Å². The van der Waals surface area contributed by atoms with Crippen LogP contribution >= 0.6 is 27.5 Å². The van der Waals surface area contributed by atoms with Gasteiger partial charge in [-0.2, -0.15) is 0 Å². The van der Waals surface area contributed by atoms with Crippen molar-refractivity contribution >= 4 is 50.0 Å². The lowest BCUT2D eigenvalue weighted by Crippen LogP contribution is -2.23. The number of anilines is 1. The van der Waals surface area contributed by atoms with Crippen LogP contribution in [-0.4, -0.2) is 15.5 Å². The largest absolute Gasteiger partial charge is 0.454 e. The van der Waals surface area contributed by atoms with Crippen LogP contribution in [0.5, 0.6) is 11.5 Å². The average molecular weight is 499 g/mol. The van der Waals surface area contributed by atoms with E-state index in [0.717, 1.165) is 4.47 Å². The minimum atomic E-state index is -0.253. The van der Waals surface area contributed by atoms with Crippen molar-refractivity contribution in [3.63, 3.8) is 0 Å². The molecule has 0 atom stereocenters. The number of nitrogens with zero attached hydrogens (tertiary/aromatic N) is 2. The molecule has 0 saturated heterocycles. The number of benzene rings is 3. The lowest BCUT2D eigenvalue weighted by Gasteiger charge is -2.13. The smallest absolute Gasteiger partial charge is 0.261 e. The topological polar surface area (TPSA) is 73.2 Å². The van der Waals surface area contributed by atoms with Gasteiger partial charge in [0.15, 0.2) is 5.75 Å². The van der Waals surface area contributed by atoms with E-state index in [1.807, 2.05) is 18.2 Å². The molecule has 0 aliphatic carbocycles. The van der Waals surface area contributed by atoms with Gasteiger partial charge in [0.25, 0.3) is 5.56 Å². The van der Waals surface area contributed by atoms with E-state index < -0.39 is 0 Å². The molecule has 0 aliphatic rings. The molecule has 1 aromatic heterocycles. The molecule has 31 heavy (non-hydrogen) atoms. The van der Waals surface area contributed by atoms with Crippen LogP contribution < -0.4 is 15.6 Å². The maximum absolute atomic E-state index is 12.7. The van der Waals surface area contributed by atoms with Crippen LogP contribution in [-0.2, 0) is 11.3 Å². The summed E-state index contributed by atoms with van der Waals surface area (Å²) >= 11 is 9.53. The number of hydrogen-bond donors (Lipinski definition) is 1. The highest BCUT2D eigenvalue weighted by molar-refractivity contribution is 9.10. The molecule has 1 heterocycles. The lowest BCUT2D eigenvalue weighted by molar-refractivity contribution is -0.116. The maximum Gasteiger partial charge on any atom is 0.261 e. The van der Waals surface area contributed by atoms with Crippen LogP contribution in [0.1, 0.15) is 6.42 Å². The summed E-state index contributed by atoms with van der Waals surface area (Å²) in [5.41, 5.74) is 0.932. The Bertz CT molecular complexity index is 1320. The summed E-state index contributed by atoms with van der Waals surface area (Å²) in [5.74, 6) is 0.709. The first-order valence-corrected chi connectivity index (χ1v) is 10.6. The van der Waals surface area contributed by atoms with E-state index in [4.69, 9.17) is 16.3 Å². The Morgan fingerprint density at radius 1 is 1.06 bits per heavy atom. The number of rotatable bonds is 6. The fourth-order valence-electron chi connectivity index (χ4n) is 3.03. The summed E-state index contributed by atoms with van der Waals surface area (Å²) in [6.45, 7) is 0.202. The third-order valence-electron chi connectivity index (χ3n) is 4.58. The summed E-state index contributed by atoms with van der Waals surface area (Å²) in [6, 6.07) is 19.5. The lowest BCUT2D eigenvalue weighted by atomic mass is 10.2. The van der Waals surface area contributed by atoms with Crippen LogP contribution in [0.4, 0.5) is 5.69 Å². The highest BCUT2D eigenvalue weighted by Gasteiger charge is 2.11. The number of nitrogens with one attached hydrogen (secondary N) is 1. The molecule has 0 spiro atoms. The molecule has 0 bridgehead atoms. The van der Waals surface area contributed by atoms with Gasteiger partial charge in [-0.15, -0.1) is 0 Å². The monoisotopic (exact) mass is 497 g/mol. The van der Waals surface area contributed by atoms with Gasteiger partial charge >= 0.3 is 0 Å². The molecule has 156 valence electrons. The Morgan fingerprint density at radius 2 is 1.81 bits per heavy atom. The van der Waals surface area contributed by atoms with Gasteiger partial charge in [-0.1, -0.05) is 51.8 Å². The number of carbonyl (C=O) groups is 1. The van der Waals surface area contributed by atoms with Crippen LogP contribution in [0.15, 0.2) is 82.3 Å². The fourth-order valence-corrected chi connectivity index (χ4v) is 3.57. The van der Waals surface area contributed by atoms with Crippen molar-refractivity contribution in [2.75, 3.05) is 5.32 Å². The first-order valence-electron chi connectivity index (χ1n) is 9.47. The van der Waals surface area contributed by atoms with E-state index in [-0.39, 0.29) is 24.4 Å². The number of fused-ring (bicyclic) bond motifs is 1. The molecular formula is C23H17BrClN3O3. The number of halogens is 2. The summed E-state index contributed by atoms with van der Waals surface area (Å²) in [4.78, 5) is 29.5. The number of amides is 1. The van der Waals surface area contributed by atoms with Crippen LogP contribution in [0.2, 0.25) is 5.02 Å². The van der Waals surface area contributed by atoms with E-state index in [1.165, 1.54) is 10.9 Å². The number of hydrogen-bond acceptors (Lipinski definition) is 4. The Balaban J connectivity index is 1.47. The standard InChI is InChI=1S/C23H17BrClN3O3/c24-15-9-10-18-16(13-15)23(30)28(14-26-18)12-11-22(29)27-19-6-2-4-8-21(19)31-20-7-3-1-5-17(20)25/h1-10,13-14H,11-12H2,(H,27,29). The Morgan fingerprint density at radius 3 is 2.61 bits per heavy atom. The molecule has 1 N–H and O–H groups in total. The molecule has 6 nitrogen and oxygen atoms in total. The molecule has 8 heteroatoms. The Kier molecular flexibility index (Phi) is 6.34. The highest BCUT2D eigenvalue weighted by atomic mass is 79.9. The SMILES string of the molecule is O=C(CCn1cnc2ccc(Br)cc2c1=O)Nc1ccccc1Oc1ccccc1Cl. The van der Waals surface area contributed by atoms with E-state index in [0.29, 0.717) is 33.1 Å². The second kappa shape index (κ2) is 9.32. The minimum absolute atomic E-state index is 0.0987. The molecule has 0 aliphatic heterocycles. The summed E-state index contributed by atoms with van der Waals surface area (Å²) in [6.07, 6.45) is 1.56. The number of carbonyl (C=O) groups excluding carboxylic acids is 1. The number of ether oxygens (including phenoxy) is 1. The summed E-state index contributed by atoms with van der Waals surface area (Å²) in [5, 5.41) is 3.80. The Hall–Kier alpha value is -3.16. The van der Waals surface area contributed by atoms with Crippen molar-refractivity contribution in [2.24, 2.45) is 0 Å². The second-order valence-electron chi connectivity index (χ2n) is 6.73. The summed E-state index contributed by atoms with van der Waals surface area (Å²) in [7, 11) is 0. The van der Waals surface area contributed by atoms with Crippen molar-refractivity contribution in [1.82, 2.24) is 9.55 Å². The first-order chi connectivity index (χ1) is 15.0. The zero-order valence-electron chi connectivity index (χ0n) is 16.2. The molecular weight excluding hydrogens is 482 g/mol. The van der Waals surface area contributed by atoms with Crippen molar-refractivity contribution in [3.05, 3.63) is 92.9 Å². The van der Waals surface area contributed by atoms with Gasteiger partial charge < -0.3 is 10.1 Å².